The molecular weight excluding hydrogens is 287 g/mol. The third kappa shape index (κ3) is 3.37. The zero-order valence-corrected chi connectivity index (χ0v) is 12.3. The minimum atomic E-state index is -0.541. The van der Waals surface area contributed by atoms with Gasteiger partial charge in [0, 0.05) is 13.1 Å². The van der Waals surface area contributed by atoms with Gasteiger partial charge in [-0.25, -0.2) is 9.18 Å². The van der Waals surface area contributed by atoms with Crippen molar-refractivity contribution >= 4 is 12.0 Å². The summed E-state index contributed by atoms with van der Waals surface area (Å²) in [5, 5.41) is 2.52. The Balaban J connectivity index is 1.48. The van der Waals surface area contributed by atoms with Crippen LogP contribution in [-0.4, -0.2) is 42.6 Å². The van der Waals surface area contributed by atoms with E-state index in [1.807, 2.05) is 12.1 Å². The molecule has 2 saturated heterocycles. The fourth-order valence-corrected chi connectivity index (χ4v) is 3.05. The summed E-state index contributed by atoms with van der Waals surface area (Å²) in [6.07, 6.45) is 2.23. The fraction of sp³-hybridized carbons (Fsp3) is 0.500. The summed E-state index contributed by atoms with van der Waals surface area (Å²) in [5.74, 6) is 0.222. The summed E-state index contributed by atoms with van der Waals surface area (Å²) in [6.45, 7) is 1.50. The molecule has 22 heavy (non-hydrogen) atoms. The molecule has 1 N–H and O–H groups in total. The number of carbonyl (C=O) groups is 2. The lowest BCUT2D eigenvalue weighted by atomic mass is 9.90. The maximum absolute atomic E-state index is 12.9. The topological polar surface area (TPSA) is 58.6 Å². The molecule has 0 spiro atoms. The van der Waals surface area contributed by atoms with Gasteiger partial charge in [-0.3, -0.25) is 4.79 Å². The standard InChI is InChI=1S/C16H19FN2O3/c17-13-3-1-11(2-4-13)9-12-5-7-19(8-6-12)15(20)14-10-22-16(21)18-14/h1-4,12,14H,5-10H2,(H,18,21)/t14-/m0/s1. The van der Waals surface area contributed by atoms with Gasteiger partial charge in [-0.15, -0.1) is 0 Å². The van der Waals surface area contributed by atoms with Crippen molar-refractivity contribution in [2.24, 2.45) is 5.92 Å². The molecule has 1 aromatic carbocycles. The lowest BCUT2D eigenvalue weighted by Crippen LogP contribution is -2.48. The summed E-state index contributed by atoms with van der Waals surface area (Å²) in [7, 11) is 0. The van der Waals surface area contributed by atoms with E-state index in [0.717, 1.165) is 24.8 Å². The van der Waals surface area contributed by atoms with Gasteiger partial charge in [-0.2, -0.15) is 0 Å². The van der Waals surface area contributed by atoms with Crippen molar-refractivity contribution in [1.82, 2.24) is 10.2 Å². The Morgan fingerprint density at radius 3 is 2.55 bits per heavy atom. The van der Waals surface area contributed by atoms with Crippen LogP contribution >= 0.6 is 0 Å². The van der Waals surface area contributed by atoms with Crippen molar-refractivity contribution in [3.05, 3.63) is 35.6 Å². The first-order chi connectivity index (χ1) is 10.6. The monoisotopic (exact) mass is 306 g/mol. The third-order valence-corrected chi connectivity index (χ3v) is 4.34. The quantitative estimate of drug-likeness (QED) is 0.925. The van der Waals surface area contributed by atoms with E-state index in [0.29, 0.717) is 19.0 Å². The highest BCUT2D eigenvalue weighted by Gasteiger charge is 2.33. The average Bonchev–Trinajstić information content (AvgIpc) is 2.96. The molecule has 2 aliphatic heterocycles. The number of nitrogens with one attached hydrogen (secondary N) is 1. The summed E-state index contributed by atoms with van der Waals surface area (Å²) in [5.41, 5.74) is 1.13. The third-order valence-electron chi connectivity index (χ3n) is 4.34. The van der Waals surface area contributed by atoms with E-state index < -0.39 is 12.1 Å². The Labute approximate surface area is 128 Å². The number of cyclic esters (lactones) is 1. The molecule has 0 aliphatic carbocycles. The molecule has 6 heteroatoms. The van der Waals surface area contributed by atoms with Crippen LogP contribution in [-0.2, 0) is 16.0 Å². The van der Waals surface area contributed by atoms with E-state index in [4.69, 9.17) is 4.74 Å². The number of halogens is 1. The van der Waals surface area contributed by atoms with Crippen LogP contribution in [0, 0.1) is 11.7 Å². The SMILES string of the molecule is O=C1N[C@H](C(=O)N2CCC(Cc3ccc(F)cc3)CC2)CO1. The van der Waals surface area contributed by atoms with Gasteiger partial charge in [0.05, 0.1) is 0 Å². The van der Waals surface area contributed by atoms with Gasteiger partial charge in [0.15, 0.2) is 0 Å². The zero-order valence-electron chi connectivity index (χ0n) is 12.3. The second-order valence-electron chi connectivity index (χ2n) is 5.89. The van der Waals surface area contributed by atoms with Gasteiger partial charge in [-0.05, 0) is 42.9 Å². The molecule has 118 valence electrons. The minimum Gasteiger partial charge on any atom is -0.447 e. The molecule has 0 radical (unpaired) electrons. The van der Waals surface area contributed by atoms with E-state index in [2.05, 4.69) is 5.32 Å². The Morgan fingerprint density at radius 2 is 1.95 bits per heavy atom. The predicted octanol–water partition coefficient (Wildman–Crippen LogP) is 1.72. The number of amides is 2. The second kappa shape index (κ2) is 6.34. The maximum atomic E-state index is 12.9. The van der Waals surface area contributed by atoms with Crippen LogP contribution in [0.4, 0.5) is 9.18 Å². The molecule has 2 aliphatic rings. The normalized spacial score (nSPS) is 22.3. The number of ether oxygens (including phenoxy) is 1. The van der Waals surface area contributed by atoms with Crippen molar-refractivity contribution in [3.8, 4) is 0 Å². The Hall–Kier alpha value is -2.11. The molecule has 2 fully saturated rings. The van der Waals surface area contributed by atoms with Crippen molar-refractivity contribution in [2.75, 3.05) is 19.7 Å². The molecule has 2 heterocycles. The number of carbonyl (C=O) groups excluding carboxylic acids is 2. The summed E-state index contributed by atoms with van der Waals surface area (Å²) >= 11 is 0. The van der Waals surface area contributed by atoms with Crippen LogP contribution in [0.2, 0.25) is 0 Å². The van der Waals surface area contributed by atoms with Crippen LogP contribution in [0.3, 0.4) is 0 Å². The van der Waals surface area contributed by atoms with Gasteiger partial charge in [0.1, 0.15) is 18.5 Å². The molecule has 2 amide bonds. The van der Waals surface area contributed by atoms with E-state index in [1.54, 1.807) is 4.90 Å². The summed E-state index contributed by atoms with van der Waals surface area (Å²) in [4.78, 5) is 25.0. The van der Waals surface area contributed by atoms with Crippen molar-refractivity contribution < 1.29 is 18.7 Å². The fourth-order valence-electron chi connectivity index (χ4n) is 3.05. The van der Waals surface area contributed by atoms with Gasteiger partial charge in [-0.1, -0.05) is 12.1 Å². The first-order valence-corrected chi connectivity index (χ1v) is 7.58. The number of likely N-dealkylation sites (tertiary alicyclic amines) is 1. The summed E-state index contributed by atoms with van der Waals surface area (Å²) in [6, 6.07) is 6.06. The molecule has 0 unspecified atom stereocenters. The van der Waals surface area contributed by atoms with Gasteiger partial charge in [0.2, 0.25) is 5.91 Å². The van der Waals surface area contributed by atoms with Crippen LogP contribution in [0.25, 0.3) is 0 Å². The van der Waals surface area contributed by atoms with Gasteiger partial charge in [0.25, 0.3) is 0 Å². The Kier molecular flexibility index (Phi) is 4.27. The van der Waals surface area contributed by atoms with E-state index in [9.17, 15) is 14.0 Å². The number of nitrogens with zero attached hydrogens (tertiary/aromatic N) is 1. The maximum Gasteiger partial charge on any atom is 0.407 e. The average molecular weight is 306 g/mol. The van der Waals surface area contributed by atoms with Crippen LogP contribution in [0.1, 0.15) is 18.4 Å². The molecule has 3 rings (SSSR count). The molecule has 5 nitrogen and oxygen atoms in total. The predicted molar refractivity (Wildman–Crippen MR) is 77.7 cm³/mol. The van der Waals surface area contributed by atoms with E-state index in [1.165, 1.54) is 12.1 Å². The highest BCUT2D eigenvalue weighted by atomic mass is 19.1. The van der Waals surface area contributed by atoms with Gasteiger partial charge < -0.3 is 15.0 Å². The first-order valence-electron chi connectivity index (χ1n) is 7.58. The number of rotatable bonds is 3. The zero-order chi connectivity index (χ0) is 15.5. The highest BCUT2D eigenvalue weighted by Crippen LogP contribution is 2.22. The first kappa shape index (κ1) is 14.8. The molecule has 1 atom stereocenters. The number of hydrogen-bond acceptors (Lipinski definition) is 3. The molecule has 0 saturated carbocycles. The van der Waals surface area contributed by atoms with Crippen molar-refractivity contribution in [3.63, 3.8) is 0 Å². The number of piperidine rings is 1. The molecule has 1 aromatic rings. The number of hydrogen-bond donors (Lipinski definition) is 1. The summed E-state index contributed by atoms with van der Waals surface area (Å²) < 4.78 is 17.7. The smallest absolute Gasteiger partial charge is 0.407 e. The Bertz CT molecular complexity index is 553. The minimum absolute atomic E-state index is 0.0638. The van der Waals surface area contributed by atoms with Crippen LogP contribution in [0.5, 0.6) is 0 Å². The lowest BCUT2D eigenvalue weighted by Gasteiger charge is -2.33. The van der Waals surface area contributed by atoms with Gasteiger partial charge >= 0.3 is 6.09 Å². The van der Waals surface area contributed by atoms with Crippen molar-refractivity contribution in [1.29, 1.82) is 0 Å². The molecule has 0 bridgehead atoms. The second-order valence-corrected chi connectivity index (χ2v) is 5.89. The number of benzene rings is 1. The van der Waals surface area contributed by atoms with Crippen molar-refractivity contribution in [2.45, 2.75) is 25.3 Å². The number of alkyl carbamates (subject to hydrolysis) is 1. The largest absolute Gasteiger partial charge is 0.447 e. The Morgan fingerprint density at radius 1 is 1.27 bits per heavy atom. The van der Waals surface area contributed by atoms with Crippen LogP contribution < -0.4 is 5.32 Å². The highest BCUT2D eigenvalue weighted by molar-refractivity contribution is 5.87. The molecular formula is C16H19FN2O3. The molecule has 0 aromatic heterocycles. The lowest BCUT2D eigenvalue weighted by molar-refractivity contribution is -0.134. The van der Waals surface area contributed by atoms with E-state index >= 15 is 0 Å². The van der Waals surface area contributed by atoms with Crippen LogP contribution in [0.15, 0.2) is 24.3 Å². The van der Waals surface area contributed by atoms with E-state index in [-0.39, 0.29) is 18.3 Å².